The molecule has 0 bridgehead atoms. The van der Waals surface area contributed by atoms with Gasteiger partial charge in [0.2, 0.25) is 0 Å². The average Bonchev–Trinajstić information content (AvgIpc) is 3.30. The van der Waals surface area contributed by atoms with Gasteiger partial charge >= 0.3 is 0 Å². The van der Waals surface area contributed by atoms with Crippen molar-refractivity contribution in [3.05, 3.63) is 142 Å². The van der Waals surface area contributed by atoms with E-state index in [1.165, 1.54) is 103 Å². The van der Waals surface area contributed by atoms with Gasteiger partial charge in [-0.15, -0.1) is 0 Å². The van der Waals surface area contributed by atoms with Crippen molar-refractivity contribution in [1.82, 2.24) is 0 Å². The zero-order valence-corrected chi connectivity index (χ0v) is 28.3. The Morgan fingerprint density at radius 2 is 1.20 bits per heavy atom. The average molecular weight is 609 g/mol. The first-order valence-electron chi connectivity index (χ1n) is 19.1. The van der Waals surface area contributed by atoms with Crippen LogP contribution in [-0.4, -0.2) is 0 Å². The maximum Gasteiger partial charge on any atom is 0.0510 e. The fraction of sp³-hybridized carbons (Fsp3) is 0.478. The monoisotopic (exact) mass is 608 g/mol. The molecule has 0 saturated carbocycles. The highest BCUT2D eigenvalue weighted by Gasteiger charge is 2.64. The van der Waals surface area contributed by atoms with Gasteiger partial charge in [-0.05, 0) is 133 Å². The normalized spacial score (nSPS) is 32.0. The van der Waals surface area contributed by atoms with Gasteiger partial charge in [0.15, 0.2) is 0 Å². The maximum atomic E-state index is 2.80. The lowest BCUT2D eigenvalue weighted by atomic mass is 9.39. The molecule has 0 aromatic rings. The Hall–Kier alpha value is -3.12. The van der Waals surface area contributed by atoms with Crippen LogP contribution >= 0.6 is 0 Å². The number of allylic oxidation sites excluding steroid dienone is 24. The van der Waals surface area contributed by atoms with Crippen molar-refractivity contribution in [2.24, 2.45) is 16.7 Å². The molecule has 0 heteroatoms. The predicted molar refractivity (Wildman–Crippen MR) is 198 cm³/mol. The molecule has 0 N–H and O–H groups in total. The van der Waals surface area contributed by atoms with Crippen LogP contribution in [0.1, 0.15) is 122 Å². The van der Waals surface area contributed by atoms with E-state index in [1.807, 2.05) is 0 Å². The molecule has 0 aliphatic heterocycles. The molecule has 0 aromatic carbocycles. The summed E-state index contributed by atoms with van der Waals surface area (Å²) in [6.45, 7) is 0. The lowest BCUT2D eigenvalue weighted by Crippen LogP contribution is -2.55. The van der Waals surface area contributed by atoms with E-state index < -0.39 is 0 Å². The zero-order valence-electron chi connectivity index (χ0n) is 28.3. The SMILES string of the molecule is C1=CC=C(C2=CCCCC(C3=CC=CC3)C(C3=CC=CCC3)(C3=CCCCC3)C2(C2=CC=CCCC2)C2=CCCCCC2)CC=C1. The summed E-state index contributed by atoms with van der Waals surface area (Å²) in [5, 5.41) is 0. The van der Waals surface area contributed by atoms with Gasteiger partial charge in [-0.25, -0.2) is 0 Å². The van der Waals surface area contributed by atoms with Crippen LogP contribution in [0, 0.1) is 16.7 Å². The molecule has 0 aromatic heterocycles. The van der Waals surface area contributed by atoms with E-state index >= 15 is 0 Å². The predicted octanol–water partition coefficient (Wildman–Crippen LogP) is 13.3. The first-order valence-corrected chi connectivity index (χ1v) is 19.1. The van der Waals surface area contributed by atoms with E-state index in [1.54, 1.807) is 39.0 Å². The fourth-order valence-electron chi connectivity index (χ4n) is 10.5. The Bertz CT molecular complexity index is 1510. The van der Waals surface area contributed by atoms with Crippen LogP contribution in [0.2, 0.25) is 0 Å². The topological polar surface area (TPSA) is 0 Å². The van der Waals surface area contributed by atoms with Gasteiger partial charge in [-0.2, -0.15) is 0 Å². The maximum absolute atomic E-state index is 2.80. The molecule has 7 aliphatic carbocycles. The molecule has 0 heterocycles. The van der Waals surface area contributed by atoms with E-state index in [0.717, 1.165) is 19.3 Å². The van der Waals surface area contributed by atoms with Crippen LogP contribution in [0.25, 0.3) is 0 Å². The molecule has 0 spiro atoms. The molecule has 7 rings (SSSR count). The molecule has 240 valence electrons. The minimum atomic E-state index is -0.196. The van der Waals surface area contributed by atoms with E-state index in [0.29, 0.717) is 5.92 Å². The summed E-state index contributed by atoms with van der Waals surface area (Å²) < 4.78 is 0. The molecule has 46 heavy (non-hydrogen) atoms. The summed E-state index contributed by atoms with van der Waals surface area (Å²) in [5.41, 5.74) is 11.6. The Morgan fingerprint density at radius 3 is 2.04 bits per heavy atom. The van der Waals surface area contributed by atoms with E-state index in [-0.39, 0.29) is 10.8 Å². The number of hydrogen-bond donors (Lipinski definition) is 0. The molecule has 0 amide bonds. The third-order valence-electron chi connectivity index (χ3n) is 12.2. The Labute approximate surface area is 280 Å². The second-order valence-electron chi connectivity index (χ2n) is 14.7. The number of rotatable bonds is 6. The second kappa shape index (κ2) is 14.8. The lowest BCUT2D eigenvalue weighted by Gasteiger charge is -2.63. The largest absolute Gasteiger partial charge is 0.0845 e. The summed E-state index contributed by atoms with van der Waals surface area (Å²) in [7, 11) is 0. The van der Waals surface area contributed by atoms with Crippen LogP contribution in [0.3, 0.4) is 0 Å². The summed E-state index contributed by atoms with van der Waals surface area (Å²) in [4.78, 5) is 0. The summed E-state index contributed by atoms with van der Waals surface area (Å²) in [6.07, 6.45) is 65.9. The Balaban J connectivity index is 1.68. The Kier molecular flexibility index (Phi) is 10.1. The molecule has 0 nitrogen and oxygen atoms in total. The van der Waals surface area contributed by atoms with Gasteiger partial charge in [0, 0.05) is 5.41 Å². The zero-order chi connectivity index (χ0) is 31.1. The van der Waals surface area contributed by atoms with Crippen molar-refractivity contribution in [3.8, 4) is 0 Å². The van der Waals surface area contributed by atoms with Gasteiger partial charge in [0.25, 0.3) is 0 Å². The molecule has 3 atom stereocenters. The van der Waals surface area contributed by atoms with Gasteiger partial charge in [0.05, 0.1) is 5.41 Å². The van der Waals surface area contributed by atoms with Gasteiger partial charge in [0.1, 0.15) is 0 Å². The highest BCUT2D eigenvalue weighted by atomic mass is 14.7. The third kappa shape index (κ3) is 5.69. The number of hydrogen-bond acceptors (Lipinski definition) is 0. The Morgan fingerprint density at radius 1 is 0.457 bits per heavy atom. The molecule has 0 saturated heterocycles. The molecule has 7 aliphatic rings. The van der Waals surface area contributed by atoms with Crippen LogP contribution in [0.15, 0.2) is 142 Å². The smallest absolute Gasteiger partial charge is 0.0510 e. The quantitative estimate of drug-likeness (QED) is 0.263. The first kappa shape index (κ1) is 31.5. The molecule has 3 unspecified atom stereocenters. The van der Waals surface area contributed by atoms with Crippen molar-refractivity contribution >= 4 is 0 Å². The first-order chi connectivity index (χ1) is 22.9. The van der Waals surface area contributed by atoms with E-state index in [9.17, 15) is 0 Å². The summed E-state index contributed by atoms with van der Waals surface area (Å²) in [5.74, 6) is 0.489. The van der Waals surface area contributed by atoms with Crippen LogP contribution < -0.4 is 0 Å². The molecule has 0 radical (unpaired) electrons. The highest BCUT2D eigenvalue weighted by Crippen LogP contribution is 2.72. The minimum absolute atomic E-state index is 0.108. The van der Waals surface area contributed by atoms with E-state index in [4.69, 9.17) is 0 Å². The van der Waals surface area contributed by atoms with Crippen LogP contribution in [-0.2, 0) is 0 Å². The van der Waals surface area contributed by atoms with Crippen LogP contribution in [0.5, 0.6) is 0 Å². The van der Waals surface area contributed by atoms with Crippen molar-refractivity contribution in [2.45, 2.75) is 122 Å². The van der Waals surface area contributed by atoms with Crippen molar-refractivity contribution in [2.75, 3.05) is 0 Å². The lowest BCUT2D eigenvalue weighted by molar-refractivity contribution is 0.129. The fourth-order valence-corrected chi connectivity index (χ4v) is 10.5. The molecular weight excluding hydrogens is 553 g/mol. The molecule has 0 fully saturated rings. The van der Waals surface area contributed by atoms with Gasteiger partial charge < -0.3 is 0 Å². The third-order valence-corrected chi connectivity index (χ3v) is 12.2. The van der Waals surface area contributed by atoms with Crippen molar-refractivity contribution in [3.63, 3.8) is 0 Å². The van der Waals surface area contributed by atoms with Crippen molar-refractivity contribution in [1.29, 1.82) is 0 Å². The summed E-state index contributed by atoms with van der Waals surface area (Å²) in [6, 6.07) is 0. The van der Waals surface area contributed by atoms with Crippen molar-refractivity contribution < 1.29 is 0 Å². The summed E-state index contributed by atoms with van der Waals surface area (Å²) >= 11 is 0. The van der Waals surface area contributed by atoms with Gasteiger partial charge in [-0.3, -0.25) is 0 Å². The molecular formula is C46H56. The standard InChI is InChI=1S/C46H56/c1-2-10-24-37(23-9-1)43-35-21-22-36-44(38-25-19-20-26-38)46(41-31-15-7-16-32-41,42-33-17-8-18-34-42)45(43,39-27-11-3-4-12-28-39)40-29-13-5-6-14-30-40/h1-3,7,9-11,15,19-20,23,25,27,29,31,33,35,44H,4-6,8,12-14,16-18,21-22,24,26,28,30,32,34,36H2. The second-order valence-corrected chi connectivity index (χ2v) is 14.7. The highest BCUT2D eigenvalue weighted by molar-refractivity contribution is 5.63. The minimum Gasteiger partial charge on any atom is -0.0845 e. The van der Waals surface area contributed by atoms with Gasteiger partial charge in [-0.1, -0.05) is 138 Å². The van der Waals surface area contributed by atoms with Crippen LogP contribution in [0.4, 0.5) is 0 Å². The van der Waals surface area contributed by atoms with E-state index in [2.05, 4.69) is 103 Å².